The first-order valence-electron chi connectivity index (χ1n) is 5.84. The van der Waals surface area contributed by atoms with Gasteiger partial charge in [0.2, 0.25) is 0 Å². The number of alkyl halides is 1. The molecule has 18 heavy (non-hydrogen) atoms. The summed E-state index contributed by atoms with van der Waals surface area (Å²) in [6, 6.07) is 14.1. The molecule has 0 spiro atoms. The van der Waals surface area contributed by atoms with Gasteiger partial charge in [0.25, 0.3) is 0 Å². The smallest absolute Gasteiger partial charge is 0.135 e. The van der Waals surface area contributed by atoms with Crippen LogP contribution in [-0.4, -0.2) is 5.88 Å². The van der Waals surface area contributed by atoms with Gasteiger partial charge in [0, 0.05) is 28.6 Å². The SMILES string of the molecule is ClCCC#Cc1ccc2oc3ccccc3c2c1. The minimum absolute atomic E-state index is 0.573. The highest BCUT2D eigenvalue weighted by atomic mass is 35.5. The van der Waals surface area contributed by atoms with Crippen molar-refractivity contribution in [3.8, 4) is 11.8 Å². The monoisotopic (exact) mass is 254 g/mol. The third-order valence-corrected chi connectivity index (χ3v) is 3.02. The van der Waals surface area contributed by atoms with Gasteiger partial charge < -0.3 is 4.42 Å². The van der Waals surface area contributed by atoms with Crippen molar-refractivity contribution in [2.45, 2.75) is 6.42 Å². The first-order valence-corrected chi connectivity index (χ1v) is 6.38. The Labute approximate surface area is 110 Å². The Morgan fingerprint density at radius 2 is 1.83 bits per heavy atom. The highest BCUT2D eigenvalue weighted by Gasteiger charge is 2.05. The highest BCUT2D eigenvalue weighted by Crippen LogP contribution is 2.28. The van der Waals surface area contributed by atoms with Crippen molar-refractivity contribution in [2.24, 2.45) is 0 Å². The second kappa shape index (κ2) is 4.76. The molecule has 0 fully saturated rings. The quantitative estimate of drug-likeness (QED) is 0.458. The molecule has 0 saturated carbocycles. The van der Waals surface area contributed by atoms with E-state index >= 15 is 0 Å². The molecule has 88 valence electrons. The number of hydrogen-bond donors (Lipinski definition) is 0. The van der Waals surface area contributed by atoms with E-state index in [9.17, 15) is 0 Å². The highest BCUT2D eigenvalue weighted by molar-refractivity contribution is 6.18. The largest absolute Gasteiger partial charge is 0.456 e. The lowest BCUT2D eigenvalue weighted by Crippen LogP contribution is -1.74. The number of fused-ring (bicyclic) bond motifs is 3. The molecule has 0 amide bonds. The van der Waals surface area contributed by atoms with Crippen molar-refractivity contribution in [2.75, 3.05) is 5.88 Å². The van der Waals surface area contributed by atoms with Crippen LogP contribution < -0.4 is 0 Å². The van der Waals surface area contributed by atoms with Crippen molar-refractivity contribution >= 4 is 33.5 Å². The van der Waals surface area contributed by atoms with Crippen molar-refractivity contribution in [3.63, 3.8) is 0 Å². The van der Waals surface area contributed by atoms with E-state index in [1.807, 2.05) is 30.3 Å². The van der Waals surface area contributed by atoms with Crippen molar-refractivity contribution in [1.82, 2.24) is 0 Å². The van der Waals surface area contributed by atoms with Gasteiger partial charge in [0.15, 0.2) is 0 Å². The molecule has 2 heteroatoms. The average Bonchev–Trinajstić information content (AvgIpc) is 2.77. The molecule has 3 aromatic rings. The maximum Gasteiger partial charge on any atom is 0.135 e. The molecular weight excluding hydrogens is 244 g/mol. The van der Waals surface area contributed by atoms with Crippen LogP contribution in [0.1, 0.15) is 12.0 Å². The van der Waals surface area contributed by atoms with E-state index < -0.39 is 0 Å². The van der Waals surface area contributed by atoms with E-state index in [0.29, 0.717) is 12.3 Å². The van der Waals surface area contributed by atoms with E-state index in [1.165, 1.54) is 0 Å². The van der Waals surface area contributed by atoms with Gasteiger partial charge in [-0.1, -0.05) is 30.0 Å². The molecule has 0 aliphatic rings. The van der Waals surface area contributed by atoms with Crippen LogP contribution in [0.2, 0.25) is 0 Å². The van der Waals surface area contributed by atoms with E-state index in [0.717, 1.165) is 27.5 Å². The van der Waals surface area contributed by atoms with Crippen LogP contribution in [0.15, 0.2) is 46.9 Å². The van der Waals surface area contributed by atoms with E-state index in [2.05, 4.69) is 24.0 Å². The van der Waals surface area contributed by atoms with Gasteiger partial charge >= 0.3 is 0 Å². The number of halogens is 1. The van der Waals surface area contributed by atoms with Gasteiger partial charge in [0.1, 0.15) is 11.2 Å². The first kappa shape index (κ1) is 11.2. The predicted octanol–water partition coefficient (Wildman–Crippen LogP) is 4.57. The molecular formula is C16H11ClO. The molecule has 1 nitrogen and oxygen atoms in total. The van der Waals surface area contributed by atoms with Crippen molar-refractivity contribution < 1.29 is 4.42 Å². The molecule has 0 bridgehead atoms. The normalized spacial score (nSPS) is 10.5. The molecule has 3 rings (SSSR count). The van der Waals surface area contributed by atoms with Crippen LogP contribution in [-0.2, 0) is 0 Å². The van der Waals surface area contributed by atoms with Gasteiger partial charge in [-0.25, -0.2) is 0 Å². The fourth-order valence-electron chi connectivity index (χ4n) is 2.02. The Hall–Kier alpha value is -1.91. The number of para-hydroxylation sites is 1. The molecule has 0 aliphatic heterocycles. The van der Waals surface area contributed by atoms with Gasteiger partial charge in [-0.2, -0.15) is 0 Å². The Morgan fingerprint density at radius 3 is 2.72 bits per heavy atom. The number of benzene rings is 2. The summed E-state index contributed by atoms with van der Waals surface area (Å²) >= 11 is 5.61. The standard InChI is InChI=1S/C16H11ClO/c17-10-4-3-5-12-8-9-16-14(11-12)13-6-1-2-7-15(13)18-16/h1-2,6-9,11H,4,10H2. The molecule has 0 aliphatic carbocycles. The molecule has 0 unspecified atom stereocenters. The summed E-state index contributed by atoms with van der Waals surface area (Å²) in [7, 11) is 0. The van der Waals surface area contributed by atoms with E-state index in [-0.39, 0.29) is 0 Å². The van der Waals surface area contributed by atoms with Crippen LogP contribution in [0.3, 0.4) is 0 Å². The van der Waals surface area contributed by atoms with Crippen LogP contribution in [0.4, 0.5) is 0 Å². The summed E-state index contributed by atoms with van der Waals surface area (Å²) in [6.45, 7) is 0. The van der Waals surface area contributed by atoms with Crippen molar-refractivity contribution in [3.05, 3.63) is 48.0 Å². The van der Waals surface area contributed by atoms with Gasteiger partial charge in [0.05, 0.1) is 0 Å². The maximum absolute atomic E-state index is 5.76. The van der Waals surface area contributed by atoms with Gasteiger partial charge in [-0.15, -0.1) is 11.6 Å². The van der Waals surface area contributed by atoms with E-state index in [1.54, 1.807) is 0 Å². The summed E-state index contributed by atoms with van der Waals surface area (Å²) in [6.07, 6.45) is 0.714. The molecule has 1 heterocycles. The van der Waals surface area contributed by atoms with E-state index in [4.69, 9.17) is 16.0 Å². The third kappa shape index (κ3) is 1.96. The molecule has 2 aromatic carbocycles. The molecule has 1 aromatic heterocycles. The van der Waals surface area contributed by atoms with Crippen LogP contribution in [0.25, 0.3) is 21.9 Å². The lowest BCUT2D eigenvalue weighted by atomic mass is 10.1. The zero-order valence-electron chi connectivity index (χ0n) is 9.74. The topological polar surface area (TPSA) is 13.1 Å². The molecule has 0 radical (unpaired) electrons. The summed E-state index contributed by atoms with van der Waals surface area (Å²) in [4.78, 5) is 0. The molecule has 0 saturated heterocycles. The third-order valence-electron chi connectivity index (χ3n) is 2.83. The van der Waals surface area contributed by atoms with Crippen LogP contribution >= 0.6 is 11.6 Å². The van der Waals surface area contributed by atoms with Gasteiger partial charge in [-0.3, -0.25) is 0 Å². The fourth-order valence-corrected chi connectivity index (χ4v) is 2.11. The minimum atomic E-state index is 0.573. The first-order chi connectivity index (χ1) is 8.88. The maximum atomic E-state index is 5.76. The lowest BCUT2D eigenvalue weighted by molar-refractivity contribution is 0.669. The van der Waals surface area contributed by atoms with Crippen molar-refractivity contribution in [1.29, 1.82) is 0 Å². The van der Waals surface area contributed by atoms with Crippen LogP contribution in [0, 0.1) is 11.8 Å². The average molecular weight is 255 g/mol. The second-order valence-corrected chi connectivity index (χ2v) is 4.43. The predicted molar refractivity (Wildman–Crippen MR) is 75.9 cm³/mol. The molecule has 0 atom stereocenters. The Balaban J connectivity index is 2.16. The second-order valence-electron chi connectivity index (χ2n) is 4.05. The fraction of sp³-hybridized carbons (Fsp3) is 0.125. The van der Waals surface area contributed by atoms with Gasteiger partial charge in [-0.05, 0) is 24.3 Å². The number of rotatable bonds is 1. The Bertz CT molecular complexity index is 759. The number of furan rings is 1. The Kier molecular flexibility index (Phi) is 2.96. The zero-order chi connectivity index (χ0) is 12.4. The molecule has 0 N–H and O–H groups in total. The van der Waals surface area contributed by atoms with Crippen LogP contribution in [0.5, 0.6) is 0 Å². The summed E-state index contributed by atoms with van der Waals surface area (Å²) < 4.78 is 5.76. The summed E-state index contributed by atoms with van der Waals surface area (Å²) in [5.41, 5.74) is 2.82. The zero-order valence-corrected chi connectivity index (χ0v) is 10.5. The number of hydrogen-bond acceptors (Lipinski definition) is 1. The summed E-state index contributed by atoms with van der Waals surface area (Å²) in [5, 5.41) is 2.25. The summed E-state index contributed by atoms with van der Waals surface area (Å²) in [5.74, 6) is 6.73. The Morgan fingerprint density at radius 1 is 1.00 bits per heavy atom. The minimum Gasteiger partial charge on any atom is -0.456 e. The lowest BCUT2D eigenvalue weighted by Gasteiger charge is -1.91.